The van der Waals surface area contributed by atoms with Gasteiger partial charge in [0, 0.05) is 12.4 Å². The molecule has 2 unspecified atom stereocenters. The second kappa shape index (κ2) is 4.76. The lowest BCUT2D eigenvalue weighted by molar-refractivity contribution is -0.169. The maximum Gasteiger partial charge on any atom is 0.226 e. The van der Waals surface area contributed by atoms with Gasteiger partial charge < -0.3 is 5.32 Å². The topological polar surface area (TPSA) is 29.1 Å². The molecule has 4 saturated carbocycles. The third-order valence-corrected chi connectivity index (χ3v) is 5.92. The van der Waals surface area contributed by atoms with Gasteiger partial charge in [0.1, 0.15) is 0 Å². The summed E-state index contributed by atoms with van der Waals surface area (Å²) in [7, 11) is 0. The largest absolute Gasteiger partial charge is 0.352 e. The van der Waals surface area contributed by atoms with Crippen LogP contribution in [0, 0.1) is 22.2 Å². The molecular formula is C17H26ClNO. The number of carbonyl (C=O) groups excluding carboxylic acids is 1. The second-order valence-corrected chi connectivity index (χ2v) is 8.55. The summed E-state index contributed by atoms with van der Waals surface area (Å²) in [6, 6.07) is 0. The summed E-state index contributed by atoms with van der Waals surface area (Å²) in [4.78, 5) is 12.8. The molecule has 1 N–H and O–H groups in total. The summed E-state index contributed by atoms with van der Waals surface area (Å²) < 4.78 is 0. The van der Waals surface area contributed by atoms with Crippen molar-refractivity contribution in [2.24, 2.45) is 22.2 Å². The minimum Gasteiger partial charge on any atom is -0.352 e. The predicted octanol–water partition coefficient (Wildman–Crippen LogP) is 3.89. The standard InChI is InChI=1S/C17H26ClNO/c1-15-7-13-8-16(2,10-15)12-17(9-13,11-15)14(20)19-6-4-3-5-18/h3-4,13H,5-12H2,1-2H3,(H,19,20)/b4-3+. The van der Waals surface area contributed by atoms with Gasteiger partial charge in [-0.25, -0.2) is 0 Å². The first-order valence-electron chi connectivity index (χ1n) is 7.88. The summed E-state index contributed by atoms with van der Waals surface area (Å²) in [5, 5.41) is 3.12. The van der Waals surface area contributed by atoms with Crippen molar-refractivity contribution in [2.45, 2.75) is 52.4 Å². The molecule has 0 radical (unpaired) electrons. The van der Waals surface area contributed by atoms with Crippen LogP contribution in [0.1, 0.15) is 52.4 Å². The average molecular weight is 296 g/mol. The summed E-state index contributed by atoms with van der Waals surface area (Å²) in [5.41, 5.74) is 0.715. The number of alkyl halides is 1. The minimum absolute atomic E-state index is 0.0856. The van der Waals surface area contributed by atoms with E-state index >= 15 is 0 Å². The van der Waals surface area contributed by atoms with Crippen LogP contribution in [0.3, 0.4) is 0 Å². The van der Waals surface area contributed by atoms with Gasteiger partial charge in [-0.2, -0.15) is 0 Å². The van der Waals surface area contributed by atoms with Crippen LogP contribution in [-0.4, -0.2) is 18.3 Å². The fourth-order valence-corrected chi connectivity index (χ4v) is 6.31. The highest BCUT2D eigenvalue weighted by molar-refractivity contribution is 6.18. The summed E-state index contributed by atoms with van der Waals surface area (Å²) in [6.45, 7) is 5.43. The van der Waals surface area contributed by atoms with Crippen LogP contribution >= 0.6 is 11.6 Å². The van der Waals surface area contributed by atoms with Gasteiger partial charge in [0.2, 0.25) is 5.91 Å². The minimum atomic E-state index is -0.0856. The molecule has 0 heterocycles. The normalized spacial score (nSPS) is 46.0. The van der Waals surface area contributed by atoms with Gasteiger partial charge in [0.15, 0.2) is 0 Å². The molecule has 0 aromatic heterocycles. The van der Waals surface area contributed by atoms with Crippen LogP contribution in [0.25, 0.3) is 0 Å². The zero-order valence-electron chi connectivity index (χ0n) is 12.7. The van der Waals surface area contributed by atoms with Gasteiger partial charge in [0.05, 0.1) is 5.41 Å². The molecule has 4 bridgehead atoms. The smallest absolute Gasteiger partial charge is 0.226 e. The summed E-state index contributed by atoms with van der Waals surface area (Å²) in [5.74, 6) is 1.57. The Morgan fingerprint density at radius 1 is 1.15 bits per heavy atom. The Bertz CT molecular complexity index is 426. The molecule has 1 amide bonds. The molecule has 112 valence electrons. The number of carbonyl (C=O) groups is 1. The molecule has 0 aliphatic heterocycles. The number of halogens is 1. The average Bonchev–Trinajstić information content (AvgIpc) is 2.29. The fourth-order valence-electron chi connectivity index (χ4n) is 6.19. The lowest BCUT2D eigenvalue weighted by Gasteiger charge is -2.64. The maximum absolute atomic E-state index is 12.8. The molecule has 4 fully saturated rings. The molecule has 20 heavy (non-hydrogen) atoms. The first-order chi connectivity index (χ1) is 9.39. The zero-order chi connectivity index (χ0) is 14.4. The quantitative estimate of drug-likeness (QED) is 0.619. The van der Waals surface area contributed by atoms with Crippen LogP contribution in [0.4, 0.5) is 0 Å². The van der Waals surface area contributed by atoms with Gasteiger partial charge >= 0.3 is 0 Å². The molecule has 0 aromatic carbocycles. The van der Waals surface area contributed by atoms with E-state index in [1.54, 1.807) is 0 Å². The van der Waals surface area contributed by atoms with Gasteiger partial charge in [-0.3, -0.25) is 4.79 Å². The SMILES string of the molecule is CC12CC3CC(C)(C1)CC(C(=O)NC/C=C/CCl)(C3)C2. The van der Waals surface area contributed by atoms with Gasteiger partial charge in [-0.1, -0.05) is 26.0 Å². The Morgan fingerprint density at radius 3 is 2.35 bits per heavy atom. The van der Waals surface area contributed by atoms with Crippen LogP contribution in [0.15, 0.2) is 12.2 Å². The highest BCUT2D eigenvalue weighted by Gasteiger charge is 2.62. The third kappa shape index (κ3) is 2.41. The van der Waals surface area contributed by atoms with Crippen molar-refractivity contribution in [3.63, 3.8) is 0 Å². The number of amides is 1. The molecule has 4 aliphatic carbocycles. The zero-order valence-corrected chi connectivity index (χ0v) is 13.4. The van der Waals surface area contributed by atoms with E-state index in [0.29, 0.717) is 29.2 Å². The van der Waals surface area contributed by atoms with Crippen molar-refractivity contribution >= 4 is 17.5 Å². The van der Waals surface area contributed by atoms with E-state index in [9.17, 15) is 4.79 Å². The van der Waals surface area contributed by atoms with E-state index in [2.05, 4.69) is 19.2 Å². The van der Waals surface area contributed by atoms with Crippen molar-refractivity contribution < 1.29 is 4.79 Å². The lowest BCUT2D eigenvalue weighted by atomic mass is 9.40. The van der Waals surface area contributed by atoms with Crippen LogP contribution in [0.5, 0.6) is 0 Å². The molecule has 0 saturated heterocycles. The van der Waals surface area contributed by atoms with Crippen molar-refractivity contribution in [2.75, 3.05) is 12.4 Å². The first kappa shape index (κ1) is 14.4. The summed E-state index contributed by atoms with van der Waals surface area (Å²) in [6.07, 6.45) is 11.1. The van der Waals surface area contributed by atoms with E-state index in [1.807, 2.05) is 12.2 Å². The molecule has 2 atom stereocenters. The number of hydrogen-bond acceptors (Lipinski definition) is 1. The predicted molar refractivity (Wildman–Crippen MR) is 82.7 cm³/mol. The Morgan fingerprint density at radius 2 is 1.80 bits per heavy atom. The maximum atomic E-state index is 12.8. The van der Waals surface area contributed by atoms with Gasteiger partial charge in [-0.15, -0.1) is 11.6 Å². The van der Waals surface area contributed by atoms with E-state index in [1.165, 1.54) is 19.3 Å². The fraction of sp³-hybridized carbons (Fsp3) is 0.824. The van der Waals surface area contributed by atoms with Crippen LogP contribution < -0.4 is 5.32 Å². The number of hydrogen-bond donors (Lipinski definition) is 1. The molecule has 2 nitrogen and oxygen atoms in total. The Kier molecular flexibility index (Phi) is 3.44. The van der Waals surface area contributed by atoms with Gasteiger partial charge in [0.25, 0.3) is 0 Å². The van der Waals surface area contributed by atoms with Crippen LogP contribution in [-0.2, 0) is 4.79 Å². The Hall–Kier alpha value is -0.500. The molecular weight excluding hydrogens is 270 g/mol. The number of allylic oxidation sites excluding steroid dienone is 1. The van der Waals surface area contributed by atoms with Crippen molar-refractivity contribution in [3.8, 4) is 0 Å². The van der Waals surface area contributed by atoms with E-state index in [0.717, 1.165) is 25.2 Å². The monoisotopic (exact) mass is 295 g/mol. The highest BCUT2D eigenvalue weighted by Crippen LogP contribution is 2.69. The number of nitrogens with one attached hydrogen (secondary N) is 1. The second-order valence-electron chi connectivity index (χ2n) is 8.25. The lowest BCUT2D eigenvalue weighted by Crippen LogP contribution is -2.59. The molecule has 4 rings (SSSR count). The van der Waals surface area contributed by atoms with Crippen molar-refractivity contribution in [1.29, 1.82) is 0 Å². The summed E-state index contributed by atoms with van der Waals surface area (Å²) >= 11 is 5.61. The van der Waals surface area contributed by atoms with Crippen molar-refractivity contribution in [3.05, 3.63) is 12.2 Å². The van der Waals surface area contributed by atoms with Crippen LogP contribution in [0.2, 0.25) is 0 Å². The molecule has 0 aromatic rings. The van der Waals surface area contributed by atoms with E-state index < -0.39 is 0 Å². The third-order valence-electron chi connectivity index (χ3n) is 5.74. The molecule has 0 spiro atoms. The molecule has 4 aliphatic rings. The van der Waals surface area contributed by atoms with Gasteiger partial charge in [-0.05, 0) is 55.3 Å². The Labute approximate surface area is 127 Å². The van der Waals surface area contributed by atoms with Crippen molar-refractivity contribution in [1.82, 2.24) is 5.32 Å². The van der Waals surface area contributed by atoms with E-state index in [-0.39, 0.29) is 5.41 Å². The number of rotatable bonds is 4. The molecule has 3 heteroatoms. The Balaban J connectivity index is 1.75. The first-order valence-corrected chi connectivity index (χ1v) is 8.42. The highest BCUT2D eigenvalue weighted by atomic mass is 35.5. The van der Waals surface area contributed by atoms with E-state index in [4.69, 9.17) is 11.6 Å².